The SMILES string of the molecule is CC(C)CN1CC(C(=O)N2CCS(=O)(=O)CC2C(=O)O)CC1=O. The summed E-state index contributed by atoms with van der Waals surface area (Å²) in [6, 6.07) is -1.37. The maximum Gasteiger partial charge on any atom is 0.327 e. The number of amides is 2. The molecule has 2 saturated heterocycles. The largest absolute Gasteiger partial charge is 0.480 e. The third-order valence-electron chi connectivity index (χ3n) is 4.15. The van der Waals surface area contributed by atoms with Crippen molar-refractivity contribution in [3.63, 3.8) is 0 Å². The molecule has 9 heteroatoms. The van der Waals surface area contributed by atoms with Crippen LogP contribution < -0.4 is 0 Å². The van der Waals surface area contributed by atoms with Crippen LogP contribution in [-0.4, -0.2) is 78.3 Å². The van der Waals surface area contributed by atoms with Crippen LogP contribution in [0.15, 0.2) is 0 Å². The summed E-state index contributed by atoms with van der Waals surface area (Å²) in [6.45, 7) is 4.63. The number of aliphatic carboxylic acids is 1. The first-order valence-corrected chi connectivity index (χ1v) is 9.44. The van der Waals surface area contributed by atoms with Crippen LogP contribution in [0.4, 0.5) is 0 Å². The van der Waals surface area contributed by atoms with Gasteiger partial charge in [0.05, 0.1) is 17.4 Å². The molecule has 1 N–H and O–H groups in total. The second-order valence-electron chi connectivity index (χ2n) is 6.59. The standard InChI is InChI=1S/C14H22N2O6S/c1-9(2)6-15-7-10(5-12(15)17)13(18)16-3-4-23(21,22)8-11(16)14(19)20/h9-11H,3-8H2,1-2H3,(H,19,20). The molecule has 0 bridgehead atoms. The van der Waals surface area contributed by atoms with Crippen molar-refractivity contribution in [1.82, 2.24) is 9.80 Å². The molecule has 2 atom stereocenters. The van der Waals surface area contributed by atoms with E-state index in [2.05, 4.69) is 0 Å². The quantitative estimate of drug-likeness (QED) is 0.713. The topological polar surface area (TPSA) is 112 Å². The zero-order chi connectivity index (χ0) is 17.4. The fraction of sp³-hybridized carbons (Fsp3) is 0.786. The summed E-state index contributed by atoms with van der Waals surface area (Å²) in [7, 11) is -3.46. The molecule has 2 aliphatic rings. The van der Waals surface area contributed by atoms with Gasteiger partial charge in [0.15, 0.2) is 9.84 Å². The number of carbonyl (C=O) groups is 3. The minimum Gasteiger partial charge on any atom is -0.480 e. The maximum absolute atomic E-state index is 12.6. The summed E-state index contributed by atoms with van der Waals surface area (Å²) in [5, 5.41) is 9.22. The molecule has 2 rings (SSSR count). The summed E-state index contributed by atoms with van der Waals surface area (Å²) < 4.78 is 23.2. The molecule has 2 aliphatic heterocycles. The Kier molecular flexibility index (Phi) is 4.98. The second-order valence-corrected chi connectivity index (χ2v) is 8.82. The molecule has 2 fully saturated rings. The van der Waals surface area contributed by atoms with Crippen LogP contribution in [0.5, 0.6) is 0 Å². The molecule has 0 aromatic rings. The fourth-order valence-corrected chi connectivity index (χ4v) is 4.51. The number of carbonyl (C=O) groups excluding carboxylic acids is 2. The number of rotatable bonds is 4. The average Bonchev–Trinajstić information content (AvgIpc) is 2.77. The van der Waals surface area contributed by atoms with Crippen LogP contribution in [0.25, 0.3) is 0 Å². The van der Waals surface area contributed by atoms with E-state index in [4.69, 9.17) is 0 Å². The predicted octanol–water partition coefficient (Wildman–Crippen LogP) is -0.799. The van der Waals surface area contributed by atoms with Crippen molar-refractivity contribution in [3.8, 4) is 0 Å². The highest BCUT2D eigenvalue weighted by Gasteiger charge is 2.43. The molecule has 23 heavy (non-hydrogen) atoms. The van der Waals surface area contributed by atoms with Gasteiger partial charge in [-0.2, -0.15) is 0 Å². The van der Waals surface area contributed by atoms with Crippen molar-refractivity contribution in [2.75, 3.05) is 31.1 Å². The Morgan fingerprint density at radius 3 is 2.57 bits per heavy atom. The van der Waals surface area contributed by atoms with E-state index >= 15 is 0 Å². The number of sulfone groups is 1. The molecular formula is C14H22N2O6S. The first-order valence-electron chi connectivity index (χ1n) is 7.62. The third-order valence-corrected chi connectivity index (χ3v) is 5.78. The maximum atomic E-state index is 12.6. The Labute approximate surface area is 135 Å². The lowest BCUT2D eigenvalue weighted by atomic mass is 10.1. The molecule has 2 unspecified atom stereocenters. The van der Waals surface area contributed by atoms with Gasteiger partial charge < -0.3 is 14.9 Å². The van der Waals surface area contributed by atoms with E-state index in [9.17, 15) is 27.9 Å². The molecule has 0 radical (unpaired) electrons. The summed E-state index contributed by atoms with van der Waals surface area (Å²) in [5.74, 6) is -3.00. The molecule has 130 valence electrons. The van der Waals surface area contributed by atoms with Crippen LogP contribution in [0.1, 0.15) is 20.3 Å². The van der Waals surface area contributed by atoms with Gasteiger partial charge in [-0.1, -0.05) is 13.8 Å². The molecular weight excluding hydrogens is 324 g/mol. The van der Waals surface area contributed by atoms with Gasteiger partial charge >= 0.3 is 5.97 Å². The van der Waals surface area contributed by atoms with E-state index in [0.717, 1.165) is 4.90 Å². The second kappa shape index (κ2) is 6.46. The van der Waals surface area contributed by atoms with E-state index in [1.54, 1.807) is 4.90 Å². The summed E-state index contributed by atoms with van der Waals surface area (Å²) >= 11 is 0. The average molecular weight is 346 g/mol. The summed E-state index contributed by atoms with van der Waals surface area (Å²) in [5.41, 5.74) is 0. The molecule has 2 amide bonds. The first kappa shape index (κ1) is 17.7. The van der Waals surface area contributed by atoms with Gasteiger partial charge in [0.1, 0.15) is 6.04 Å². The molecule has 0 aromatic heterocycles. The van der Waals surface area contributed by atoms with Gasteiger partial charge in [0.2, 0.25) is 11.8 Å². The smallest absolute Gasteiger partial charge is 0.327 e. The van der Waals surface area contributed by atoms with Gasteiger partial charge in [-0.25, -0.2) is 13.2 Å². The van der Waals surface area contributed by atoms with Gasteiger partial charge in [0, 0.05) is 26.1 Å². The van der Waals surface area contributed by atoms with E-state index in [1.165, 1.54) is 0 Å². The molecule has 0 spiro atoms. The van der Waals surface area contributed by atoms with Crippen molar-refractivity contribution in [3.05, 3.63) is 0 Å². The Bertz CT molecular complexity index is 615. The van der Waals surface area contributed by atoms with Crippen LogP contribution in [-0.2, 0) is 24.2 Å². The Morgan fingerprint density at radius 1 is 1.35 bits per heavy atom. The van der Waals surface area contributed by atoms with Gasteiger partial charge in [-0.3, -0.25) is 9.59 Å². The minimum atomic E-state index is -3.46. The highest BCUT2D eigenvalue weighted by atomic mass is 32.2. The molecule has 0 aliphatic carbocycles. The first-order chi connectivity index (χ1) is 10.6. The van der Waals surface area contributed by atoms with Crippen LogP contribution >= 0.6 is 0 Å². The molecule has 2 heterocycles. The number of hydrogen-bond donors (Lipinski definition) is 1. The third kappa shape index (κ3) is 4.01. The highest BCUT2D eigenvalue weighted by Crippen LogP contribution is 2.24. The van der Waals surface area contributed by atoms with Gasteiger partial charge in [0.25, 0.3) is 0 Å². The van der Waals surface area contributed by atoms with Crippen molar-refractivity contribution >= 4 is 27.6 Å². The summed E-state index contributed by atoms with van der Waals surface area (Å²) in [6.07, 6.45) is 0.0567. The number of likely N-dealkylation sites (tertiary alicyclic amines) is 1. The molecule has 8 nitrogen and oxygen atoms in total. The van der Waals surface area contributed by atoms with Crippen LogP contribution in [0.3, 0.4) is 0 Å². The van der Waals surface area contributed by atoms with E-state index in [1.807, 2.05) is 13.8 Å². The van der Waals surface area contributed by atoms with E-state index in [-0.39, 0.29) is 37.1 Å². The van der Waals surface area contributed by atoms with E-state index in [0.29, 0.717) is 6.54 Å². The van der Waals surface area contributed by atoms with Crippen LogP contribution in [0, 0.1) is 11.8 Å². The number of nitrogens with zero attached hydrogens (tertiary/aromatic N) is 2. The molecule has 0 aromatic carbocycles. The number of carboxylic acids is 1. The zero-order valence-corrected chi connectivity index (χ0v) is 14.1. The predicted molar refractivity (Wildman–Crippen MR) is 81.3 cm³/mol. The zero-order valence-electron chi connectivity index (χ0n) is 13.3. The van der Waals surface area contributed by atoms with E-state index < -0.39 is 39.4 Å². The summed E-state index contributed by atoms with van der Waals surface area (Å²) in [4.78, 5) is 38.6. The van der Waals surface area contributed by atoms with Crippen molar-refractivity contribution in [2.45, 2.75) is 26.3 Å². The normalized spacial score (nSPS) is 27.5. The fourth-order valence-electron chi connectivity index (χ4n) is 3.06. The lowest BCUT2D eigenvalue weighted by Gasteiger charge is -2.34. The van der Waals surface area contributed by atoms with Gasteiger partial charge in [-0.15, -0.1) is 0 Å². The lowest BCUT2D eigenvalue weighted by molar-refractivity contribution is -0.151. The van der Waals surface area contributed by atoms with Crippen molar-refractivity contribution < 1.29 is 27.9 Å². The van der Waals surface area contributed by atoms with Crippen molar-refractivity contribution in [2.24, 2.45) is 11.8 Å². The molecule has 0 saturated carbocycles. The Balaban J connectivity index is 2.10. The van der Waals surface area contributed by atoms with Crippen LogP contribution in [0.2, 0.25) is 0 Å². The Morgan fingerprint density at radius 2 is 2.00 bits per heavy atom. The van der Waals surface area contributed by atoms with Crippen molar-refractivity contribution in [1.29, 1.82) is 0 Å². The lowest BCUT2D eigenvalue weighted by Crippen LogP contribution is -2.56. The monoisotopic (exact) mass is 346 g/mol. The minimum absolute atomic E-state index is 0.0567. The van der Waals surface area contributed by atoms with Gasteiger partial charge in [-0.05, 0) is 5.92 Å². The Hall–Kier alpha value is -1.64. The number of hydrogen-bond acceptors (Lipinski definition) is 5. The number of carboxylic acid groups (broad SMARTS) is 1. The highest BCUT2D eigenvalue weighted by molar-refractivity contribution is 7.91.